The first-order chi connectivity index (χ1) is 11.0. The first-order valence-corrected chi connectivity index (χ1v) is 9.53. The Bertz CT molecular complexity index is 641. The fourth-order valence-electron chi connectivity index (χ4n) is 8.18. The lowest BCUT2D eigenvalue weighted by atomic mass is 9.33. The Morgan fingerprint density at radius 2 is 2.04 bits per heavy atom. The minimum absolute atomic E-state index is 0.0457. The first kappa shape index (κ1) is 13.6. The average molecular weight is 314 g/mol. The molecule has 124 valence electrons. The summed E-state index contributed by atoms with van der Waals surface area (Å²) in [6.07, 6.45) is 8.20. The number of carbonyl (C=O) groups is 1. The number of carbonyl (C=O) groups excluding carboxylic acids is 1. The molecular weight excluding hydrogens is 288 g/mol. The topological polar surface area (TPSA) is 35.5 Å². The second-order valence-electron chi connectivity index (χ2n) is 9.59. The van der Waals surface area contributed by atoms with Crippen LogP contribution in [0.25, 0.3) is 0 Å². The van der Waals surface area contributed by atoms with E-state index in [1.165, 1.54) is 19.3 Å². The summed E-state index contributed by atoms with van der Waals surface area (Å²) >= 11 is 0. The van der Waals surface area contributed by atoms with E-state index < -0.39 is 0 Å². The third-order valence-electron chi connectivity index (χ3n) is 9.07. The predicted molar refractivity (Wildman–Crippen MR) is 84.5 cm³/mol. The van der Waals surface area contributed by atoms with Gasteiger partial charge >= 0.3 is 0 Å². The maximum absolute atomic E-state index is 13.3. The van der Waals surface area contributed by atoms with Gasteiger partial charge in [-0.2, -0.15) is 0 Å². The van der Waals surface area contributed by atoms with Gasteiger partial charge in [-0.15, -0.1) is 0 Å². The molecule has 8 atom stereocenters. The number of fused-ring (bicyclic) bond motifs is 2. The summed E-state index contributed by atoms with van der Waals surface area (Å²) in [5, 5.41) is 0. The van der Waals surface area contributed by atoms with Crippen LogP contribution in [0.2, 0.25) is 0 Å². The van der Waals surface area contributed by atoms with Gasteiger partial charge in [-0.1, -0.05) is 19.9 Å². The van der Waals surface area contributed by atoms with E-state index in [2.05, 4.69) is 13.5 Å². The Labute approximate surface area is 137 Å². The van der Waals surface area contributed by atoms with Gasteiger partial charge in [0.1, 0.15) is 0 Å². The summed E-state index contributed by atoms with van der Waals surface area (Å²) < 4.78 is 12.8. The Hall–Kier alpha value is -0.670. The van der Waals surface area contributed by atoms with E-state index in [-0.39, 0.29) is 23.2 Å². The van der Waals surface area contributed by atoms with Crippen LogP contribution in [0.5, 0.6) is 0 Å². The van der Waals surface area contributed by atoms with Crippen molar-refractivity contribution in [3.8, 4) is 0 Å². The SMILES string of the molecule is C=C1C(=O)[C@]23CC[C@H]1CC2[C@@]12CCC[C@@]4(C)COC1O[C@@H]3CC42. The lowest BCUT2D eigenvalue weighted by Crippen LogP contribution is -2.78. The lowest BCUT2D eigenvalue weighted by Gasteiger charge is -2.76. The zero-order chi connectivity index (χ0) is 15.6. The number of rotatable bonds is 0. The number of hydrogen-bond acceptors (Lipinski definition) is 3. The van der Waals surface area contributed by atoms with Crippen molar-refractivity contribution in [2.75, 3.05) is 6.61 Å². The highest BCUT2D eigenvalue weighted by Gasteiger charge is 2.78. The van der Waals surface area contributed by atoms with Crippen LogP contribution in [0, 0.1) is 34.0 Å². The zero-order valence-corrected chi connectivity index (χ0v) is 14.0. The summed E-state index contributed by atoms with van der Waals surface area (Å²) in [6.45, 7) is 7.46. The summed E-state index contributed by atoms with van der Waals surface area (Å²) in [7, 11) is 0. The van der Waals surface area contributed by atoms with Crippen molar-refractivity contribution in [2.24, 2.45) is 34.0 Å². The average Bonchev–Trinajstić information content (AvgIpc) is 2.55. The van der Waals surface area contributed by atoms with Gasteiger partial charge in [-0.05, 0) is 67.3 Å². The van der Waals surface area contributed by atoms with Gasteiger partial charge in [0.05, 0.1) is 18.1 Å². The maximum atomic E-state index is 13.3. The Morgan fingerprint density at radius 3 is 2.91 bits per heavy atom. The van der Waals surface area contributed by atoms with Crippen molar-refractivity contribution in [2.45, 2.75) is 64.3 Å². The molecule has 5 aliphatic carbocycles. The molecule has 3 heteroatoms. The summed E-state index contributed by atoms with van der Waals surface area (Å²) in [6, 6.07) is 0. The van der Waals surface area contributed by atoms with Crippen LogP contribution in [0.1, 0.15) is 51.9 Å². The van der Waals surface area contributed by atoms with Crippen LogP contribution >= 0.6 is 0 Å². The molecule has 3 nitrogen and oxygen atoms in total. The van der Waals surface area contributed by atoms with Crippen LogP contribution < -0.4 is 0 Å². The van der Waals surface area contributed by atoms with Crippen molar-refractivity contribution in [1.29, 1.82) is 0 Å². The summed E-state index contributed by atoms with van der Waals surface area (Å²) in [5.41, 5.74) is 1.06. The van der Waals surface area contributed by atoms with Gasteiger partial charge in [-0.25, -0.2) is 0 Å². The Kier molecular flexibility index (Phi) is 2.23. The van der Waals surface area contributed by atoms with E-state index in [1.54, 1.807) is 0 Å². The Balaban J connectivity index is 1.58. The van der Waals surface area contributed by atoms with E-state index in [0.29, 0.717) is 29.0 Å². The highest BCUT2D eigenvalue weighted by molar-refractivity contribution is 6.02. The monoisotopic (exact) mass is 314 g/mol. The van der Waals surface area contributed by atoms with Crippen LogP contribution in [0.4, 0.5) is 0 Å². The smallest absolute Gasteiger partial charge is 0.167 e. The number of hydrogen-bond donors (Lipinski definition) is 0. The number of ether oxygens (including phenoxy) is 2. The molecule has 23 heavy (non-hydrogen) atoms. The quantitative estimate of drug-likeness (QED) is 0.642. The van der Waals surface area contributed by atoms with Crippen molar-refractivity contribution in [1.82, 2.24) is 0 Å². The highest BCUT2D eigenvalue weighted by atomic mass is 16.7. The molecule has 3 unspecified atom stereocenters. The first-order valence-electron chi connectivity index (χ1n) is 9.53. The predicted octanol–water partition coefficient (Wildman–Crippen LogP) is 3.48. The third-order valence-corrected chi connectivity index (χ3v) is 9.07. The second kappa shape index (κ2) is 3.77. The van der Waals surface area contributed by atoms with Crippen molar-refractivity contribution in [3.63, 3.8) is 0 Å². The minimum atomic E-state index is -0.252. The number of allylic oxidation sites excluding steroid dienone is 1. The van der Waals surface area contributed by atoms with Crippen LogP contribution in [0.3, 0.4) is 0 Å². The van der Waals surface area contributed by atoms with Gasteiger partial charge in [0, 0.05) is 5.41 Å². The largest absolute Gasteiger partial charge is 0.351 e. The molecule has 3 aliphatic heterocycles. The number of Topliss-reactive ketones (excluding diaryl/α,β-unsaturated/α-hetero) is 1. The molecule has 8 aliphatic rings. The van der Waals surface area contributed by atoms with E-state index in [0.717, 1.165) is 37.9 Å². The minimum Gasteiger partial charge on any atom is -0.351 e. The molecule has 3 saturated heterocycles. The lowest BCUT2D eigenvalue weighted by molar-refractivity contribution is -0.420. The van der Waals surface area contributed by atoms with E-state index >= 15 is 0 Å². The molecular formula is C20H26O3. The molecule has 0 aromatic heterocycles. The zero-order valence-electron chi connectivity index (χ0n) is 14.0. The van der Waals surface area contributed by atoms with E-state index in [9.17, 15) is 4.79 Å². The maximum Gasteiger partial charge on any atom is 0.167 e. The van der Waals surface area contributed by atoms with Crippen LogP contribution in [-0.2, 0) is 14.3 Å². The third kappa shape index (κ3) is 1.20. The van der Waals surface area contributed by atoms with E-state index in [1.807, 2.05) is 0 Å². The molecule has 7 bridgehead atoms. The van der Waals surface area contributed by atoms with Gasteiger partial charge in [0.25, 0.3) is 0 Å². The number of ketones is 1. The highest BCUT2D eigenvalue weighted by Crippen LogP contribution is 2.77. The van der Waals surface area contributed by atoms with Crippen LogP contribution in [-0.4, -0.2) is 24.8 Å². The van der Waals surface area contributed by atoms with Crippen molar-refractivity contribution >= 4 is 5.78 Å². The van der Waals surface area contributed by atoms with Gasteiger partial charge in [0.15, 0.2) is 12.1 Å². The summed E-state index contributed by atoms with van der Waals surface area (Å²) in [4.78, 5) is 13.3. The van der Waals surface area contributed by atoms with Crippen LogP contribution in [0.15, 0.2) is 12.2 Å². The summed E-state index contributed by atoms with van der Waals surface area (Å²) in [5.74, 6) is 1.96. The van der Waals surface area contributed by atoms with Gasteiger partial charge in [0.2, 0.25) is 0 Å². The molecule has 0 aromatic rings. The van der Waals surface area contributed by atoms with Crippen molar-refractivity contribution in [3.05, 3.63) is 12.2 Å². The van der Waals surface area contributed by atoms with Crippen molar-refractivity contribution < 1.29 is 14.3 Å². The Morgan fingerprint density at radius 1 is 1.17 bits per heavy atom. The molecule has 3 heterocycles. The molecule has 0 aromatic carbocycles. The second-order valence-corrected chi connectivity index (χ2v) is 9.59. The molecule has 2 spiro atoms. The fourth-order valence-corrected chi connectivity index (χ4v) is 8.18. The van der Waals surface area contributed by atoms with E-state index in [4.69, 9.17) is 9.47 Å². The normalized spacial score (nSPS) is 62.4. The standard InChI is InChI=1S/C20H26O3/c1-11-12-4-7-20(16(11)21)14(8-12)19-6-3-5-18(2)10-22-17(19)23-15(20)9-13(18)19/h12-15,17H,1,3-10H2,2H3/t12-,13?,14?,15+,17?,18-,19-,20+/m0/s1. The molecule has 8 fully saturated rings. The fraction of sp³-hybridized carbons (Fsp3) is 0.850. The van der Waals surface area contributed by atoms with Gasteiger partial charge < -0.3 is 9.47 Å². The molecule has 0 N–H and O–H groups in total. The molecule has 8 rings (SSSR count). The van der Waals surface area contributed by atoms with Gasteiger partial charge in [-0.3, -0.25) is 4.79 Å². The molecule has 0 radical (unpaired) electrons. The molecule has 0 amide bonds. The molecule has 5 saturated carbocycles.